The van der Waals surface area contributed by atoms with Crippen LogP contribution in [0.4, 0.5) is 13.2 Å². The van der Waals surface area contributed by atoms with Gasteiger partial charge in [-0.05, 0) is 18.1 Å². The highest BCUT2D eigenvalue weighted by atomic mass is 35.5. The van der Waals surface area contributed by atoms with Crippen LogP contribution in [0, 0.1) is 0 Å². The van der Waals surface area contributed by atoms with E-state index < -0.39 is 24.6 Å². The molecule has 0 amide bonds. The number of ether oxygens (including phenoxy) is 1. The number of alkyl halides is 3. The third kappa shape index (κ3) is 5.48. The average Bonchev–Trinajstić information content (AvgIpc) is 2.34. The van der Waals surface area contributed by atoms with Gasteiger partial charge < -0.3 is 10.5 Å². The van der Waals surface area contributed by atoms with Crippen LogP contribution >= 0.6 is 12.4 Å². The normalized spacial score (nSPS) is 12.5. The number of benzene rings is 1. The van der Waals surface area contributed by atoms with Crippen molar-refractivity contribution < 1.29 is 22.7 Å². The Morgan fingerprint density at radius 2 is 1.95 bits per heavy atom. The quantitative estimate of drug-likeness (QED) is 0.868. The molecular weight excluding hydrogens is 283 g/mol. The van der Waals surface area contributed by atoms with Crippen molar-refractivity contribution in [3.05, 3.63) is 35.4 Å². The van der Waals surface area contributed by atoms with E-state index in [1.165, 1.54) is 19.2 Å². The van der Waals surface area contributed by atoms with Gasteiger partial charge in [0.05, 0.1) is 12.7 Å². The van der Waals surface area contributed by atoms with Crippen molar-refractivity contribution in [3.63, 3.8) is 0 Å². The Morgan fingerprint density at radius 3 is 2.47 bits per heavy atom. The Hall–Kier alpha value is -1.27. The second kappa shape index (κ2) is 7.35. The van der Waals surface area contributed by atoms with Gasteiger partial charge in [-0.3, -0.25) is 0 Å². The fourth-order valence-electron chi connectivity index (χ4n) is 1.59. The third-order valence-corrected chi connectivity index (χ3v) is 2.50. The molecule has 1 aromatic carbocycles. The van der Waals surface area contributed by atoms with Crippen LogP contribution in [-0.4, -0.2) is 19.3 Å². The second-order valence-corrected chi connectivity index (χ2v) is 3.84. The molecule has 0 radical (unpaired) electrons. The molecule has 0 aliphatic rings. The molecule has 0 aliphatic carbocycles. The maximum Gasteiger partial charge on any atom is 0.389 e. The summed E-state index contributed by atoms with van der Waals surface area (Å²) in [5.74, 6) is -0.604. The maximum absolute atomic E-state index is 12.1. The number of carbonyl (C=O) groups excluding carboxylic acids is 1. The summed E-state index contributed by atoms with van der Waals surface area (Å²) >= 11 is 0. The minimum Gasteiger partial charge on any atom is -0.465 e. The molecule has 0 bridgehead atoms. The van der Waals surface area contributed by atoms with Crippen LogP contribution in [0.3, 0.4) is 0 Å². The second-order valence-electron chi connectivity index (χ2n) is 3.84. The number of esters is 1. The predicted octanol–water partition coefficient (Wildman–Crippen LogP) is 3.24. The molecule has 7 heteroatoms. The van der Waals surface area contributed by atoms with E-state index >= 15 is 0 Å². The fourth-order valence-corrected chi connectivity index (χ4v) is 1.59. The smallest absolute Gasteiger partial charge is 0.389 e. The highest BCUT2D eigenvalue weighted by Crippen LogP contribution is 2.27. The van der Waals surface area contributed by atoms with E-state index in [-0.39, 0.29) is 24.4 Å². The van der Waals surface area contributed by atoms with E-state index in [1.54, 1.807) is 12.1 Å². The van der Waals surface area contributed by atoms with Crippen LogP contribution in [0.1, 0.15) is 34.8 Å². The summed E-state index contributed by atoms with van der Waals surface area (Å²) in [6.07, 6.45) is -5.50. The van der Waals surface area contributed by atoms with E-state index in [4.69, 9.17) is 5.73 Å². The number of halogens is 4. The third-order valence-electron chi connectivity index (χ3n) is 2.50. The molecular formula is C12H15ClF3NO2. The zero-order valence-corrected chi connectivity index (χ0v) is 11.1. The van der Waals surface area contributed by atoms with Crippen LogP contribution < -0.4 is 5.73 Å². The highest BCUT2D eigenvalue weighted by Gasteiger charge is 2.28. The van der Waals surface area contributed by atoms with Gasteiger partial charge >= 0.3 is 12.1 Å². The summed E-state index contributed by atoms with van der Waals surface area (Å²) in [6.45, 7) is 0. The van der Waals surface area contributed by atoms with E-state index in [2.05, 4.69) is 4.74 Å². The van der Waals surface area contributed by atoms with Crippen molar-refractivity contribution in [2.24, 2.45) is 5.73 Å². The molecule has 0 unspecified atom stereocenters. The van der Waals surface area contributed by atoms with Gasteiger partial charge in [-0.25, -0.2) is 4.79 Å². The summed E-state index contributed by atoms with van der Waals surface area (Å²) in [7, 11) is 1.21. The summed E-state index contributed by atoms with van der Waals surface area (Å²) in [6, 6.07) is 5.39. The molecule has 0 heterocycles. The monoisotopic (exact) mass is 297 g/mol. The first-order valence-electron chi connectivity index (χ1n) is 5.34. The van der Waals surface area contributed by atoms with Gasteiger partial charge in [-0.1, -0.05) is 18.2 Å². The molecule has 108 valence electrons. The molecule has 1 rings (SSSR count). The Balaban J connectivity index is 0.00000324. The van der Waals surface area contributed by atoms with Crippen molar-refractivity contribution in [3.8, 4) is 0 Å². The van der Waals surface area contributed by atoms with Gasteiger partial charge in [0.2, 0.25) is 0 Å². The van der Waals surface area contributed by atoms with Crippen molar-refractivity contribution >= 4 is 18.4 Å². The number of rotatable bonds is 4. The van der Waals surface area contributed by atoms with E-state index in [1.807, 2.05) is 0 Å². The number of nitrogens with two attached hydrogens (primary N) is 1. The Labute approximate surface area is 115 Å². The summed E-state index contributed by atoms with van der Waals surface area (Å²) < 4.78 is 40.9. The molecule has 1 atom stereocenters. The SMILES string of the molecule is COC(=O)c1ccccc1[C@H](N)CCC(F)(F)F.Cl. The van der Waals surface area contributed by atoms with Crippen molar-refractivity contribution in [2.75, 3.05) is 7.11 Å². The molecule has 0 spiro atoms. The minimum atomic E-state index is -4.25. The van der Waals surface area contributed by atoms with Crippen molar-refractivity contribution in [1.29, 1.82) is 0 Å². The lowest BCUT2D eigenvalue weighted by Gasteiger charge is -2.16. The van der Waals surface area contributed by atoms with Gasteiger partial charge in [0.15, 0.2) is 0 Å². The molecule has 0 saturated heterocycles. The average molecular weight is 298 g/mol. The lowest BCUT2D eigenvalue weighted by molar-refractivity contribution is -0.136. The lowest BCUT2D eigenvalue weighted by atomic mass is 9.97. The van der Waals surface area contributed by atoms with Crippen LogP contribution in [0.2, 0.25) is 0 Å². The van der Waals surface area contributed by atoms with E-state index in [0.29, 0.717) is 5.56 Å². The maximum atomic E-state index is 12.1. The first-order valence-corrected chi connectivity index (χ1v) is 5.34. The molecule has 0 saturated carbocycles. The number of hydrogen-bond donors (Lipinski definition) is 1. The van der Waals surface area contributed by atoms with Crippen molar-refractivity contribution in [1.82, 2.24) is 0 Å². The molecule has 2 N–H and O–H groups in total. The molecule has 3 nitrogen and oxygen atoms in total. The van der Waals surface area contributed by atoms with Crippen molar-refractivity contribution in [2.45, 2.75) is 25.1 Å². The zero-order valence-electron chi connectivity index (χ0n) is 10.2. The number of carbonyl (C=O) groups is 1. The summed E-state index contributed by atoms with van der Waals surface area (Å²) in [5.41, 5.74) is 6.26. The lowest BCUT2D eigenvalue weighted by Crippen LogP contribution is -2.18. The minimum absolute atomic E-state index is 0. The molecule has 0 fully saturated rings. The Morgan fingerprint density at radius 1 is 1.37 bits per heavy atom. The van der Waals surface area contributed by atoms with E-state index in [0.717, 1.165) is 0 Å². The van der Waals surface area contributed by atoms with Crippen LogP contribution in [-0.2, 0) is 4.74 Å². The topological polar surface area (TPSA) is 52.3 Å². The molecule has 1 aromatic rings. The predicted molar refractivity (Wildman–Crippen MR) is 67.2 cm³/mol. The zero-order chi connectivity index (χ0) is 13.8. The van der Waals surface area contributed by atoms with Crippen LogP contribution in [0.15, 0.2) is 24.3 Å². The number of methoxy groups -OCH3 is 1. The molecule has 0 aliphatic heterocycles. The van der Waals surface area contributed by atoms with Gasteiger partial charge in [0.1, 0.15) is 0 Å². The number of hydrogen-bond acceptors (Lipinski definition) is 3. The van der Waals surface area contributed by atoms with Crippen LogP contribution in [0.25, 0.3) is 0 Å². The largest absolute Gasteiger partial charge is 0.465 e. The van der Waals surface area contributed by atoms with Gasteiger partial charge in [-0.15, -0.1) is 12.4 Å². The van der Waals surface area contributed by atoms with Gasteiger partial charge in [0, 0.05) is 12.5 Å². The fraction of sp³-hybridized carbons (Fsp3) is 0.417. The van der Waals surface area contributed by atoms with Gasteiger partial charge in [0.25, 0.3) is 0 Å². The highest BCUT2D eigenvalue weighted by molar-refractivity contribution is 5.91. The molecule has 0 aromatic heterocycles. The first kappa shape index (κ1) is 17.7. The van der Waals surface area contributed by atoms with Crippen LogP contribution in [0.5, 0.6) is 0 Å². The van der Waals surface area contributed by atoms with E-state index in [9.17, 15) is 18.0 Å². The first-order chi connectivity index (χ1) is 8.35. The Kier molecular flexibility index (Phi) is 6.86. The van der Waals surface area contributed by atoms with Gasteiger partial charge in [-0.2, -0.15) is 13.2 Å². The molecule has 19 heavy (non-hydrogen) atoms. The Bertz CT molecular complexity index is 424. The summed E-state index contributed by atoms with van der Waals surface area (Å²) in [5, 5.41) is 0. The standard InChI is InChI=1S/C12H14F3NO2.ClH/c1-18-11(17)9-5-3-2-4-8(9)10(16)6-7-12(13,14)15;/h2-5,10H,6-7,16H2,1H3;1H/t10-;/m1./s1. The summed E-state index contributed by atoms with van der Waals surface area (Å²) in [4.78, 5) is 11.4.